The average Bonchev–Trinajstić information content (AvgIpc) is 2.76. The van der Waals surface area contributed by atoms with E-state index >= 15 is 0 Å². The zero-order chi connectivity index (χ0) is 26.3. The highest BCUT2D eigenvalue weighted by molar-refractivity contribution is 7.92. The van der Waals surface area contributed by atoms with Crippen LogP contribution in [0.2, 0.25) is 10.0 Å². The quantitative estimate of drug-likeness (QED) is 0.448. The lowest BCUT2D eigenvalue weighted by atomic mass is 10.1. The van der Waals surface area contributed by atoms with Crippen LogP contribution in [0.4, 0.5) is 5.69 Å². The Morgan fingerprint density at radius 3 is 2.20 bits per heavy atom. The number of carbonyl (C=O) groups excluding carboxylic acids is 2. The first kappa shape index (κ1) is 28.9. The standard InChI is InChI=1S/C25H33Cl2N3O4S/c1-6-22(25(32)28-14-17(2)3)29(15-19-9-7-18(4)8-10-19)24(31)16-30(35(5,33)34)23-12-11-20(26)13-21(23)27/h7-13,17,22H,6,14-16H2,1-5H3,(H,28,32)/t22-/m0/s1. The lowest BCUT2D eigenvalue weighted by Crippen LogP contribution is -2.52. The Labute approximate surface area is 218 Å². The molecule has 0 saturated heterocycles. The van der Waals surface area contributed by atoms with Gasteiger partial charge in [-0.3, -0.25) is 13.9 Å². The van der Waals surface area contributed by atoms with Crippen molar-refractivity contribution in [2.45, 2.75) is 46.7 Å². The summed E-state index contributed by atoms with van der Waals surface area (Å²) in [6, 6.07) is 11.2. The maximum Gasteiger partial charge on any atom is 0.244 e. The lowest BCUT2D eigenvalue weighted by Gasteiger charge is -2.33. The molecule has 1 atom stereocenters. The minimum Gasteiger partial charge on any atom is -0.354 e. The minimum atomic E-state index is -3.88. The van der Waals surface area contributed by atoms with Crippen LogP contribution in [0.5, 0.6) is 0 Å². The topological polar surface area (TPSA) is 86.8 Å². The van der Waals surface area contributed by atoms with Gasteiger partial charge in [0, 0.05) is 18.1 Å². The summed E-state index contributed by atoms with van der Waals surface area (Å²) in [4.78, 5) is 28.1. The smallest absolute Gasteiger partial charge is 0.244 e. The van der Waals surface area contributed by atoms with E-state index in [1.807, 2.05) is 52.0 Å². The number of carbonyl (C=O) groups is 2. The highest BCUT2D eigenvalue weighted by Gasteiger charge is 2.32. The van der Waals surface area contributed by atoms with E-state index in [1.54, 1.807) is 0 Å². The first-order chi connectivity index (χ1) is 16.3. The fraction of sp³-hybridized carbons (Fsp3) is 0.440. The Kier molecular flexibility index (Phi) is 10.4. The van der Waals surface area contributed by atoms with E-state index < -0.39 is 28.5 Å². The van der Waals surface area contributed by atoms with Crippen molar-refractivity contribution in [1.82, 2.24) is 10.2 Å². The Hall–Kier alpha value is -2.29. The number of nitrogens with one attached hydrogen (secondary N) is 1. The summed E-state index contributed by atoms with van der Waals surface area (Å²) in [5.74, 6) is -0.559. The maximum atomic E-state index is 13.6. The summed E-state index contributed by atoms with van der Waals surface area (Å²) in [7, 11) is -3.88. The van der Waals surface area contributed by atoms with Crippen molar-refractivity contribution in [3.8, 4) is 0 Å². The molecule has 2 aromatic carbocycles. The molecule has 192 valence electrons. The average molecular weight is 543 g/mol. The fourth-order valence-corrected chi connectivity index (χ4v) is 4.93. The van der Waals surface area contributed by atoms with Crippen LogP contribution >= 0.6 is 23.2 Å². The highest BCUT2D eigenvalue weighted by atomic mass is 35.5. The monoisotopic (exact) mass is 541 g/mol. The van der Waals surface area contributed by atoms with Crippen LogP contribution in [0.1, 0.15) is 38.3 Å². The van der Waals surface area contributed by atoms with E-state index in [-0.39, 0.29) is 29.1 Å². The van der Waals surface area contributed by atoms with Crippen molar-refractivity contribution in [2.24, 2.45) is 5.92 Å². The molecule has 0 saturated carbocycles. The Bertz CT molecular complexity index is 1140. The number of rotatable bonds is 11. The Morgan fingerprint density at radius 2 is 1.69 bits per heavy atom. The van der Waals surface area contributed by atoms with E-state index in [2.05, 4.69) is 5.32 Å². The van der Waals surface area contributed by atoms with Crippen molar-refractivity contribution >= 4 is 50.7 Å². The van der Waals surface area contributed by atoms with Crippen LogP contribution in [0.25, 0.3) is 0 Å². The molecule has 0 unspecified atom stereocenters. The number of aryl methyl sites for hydroxylation is 1. The van der Waals surface area contributed by atoms with Gasteiger partial charge in [-0.05, 0) is 43.0 Å². The van der Waals surface area contributed by atoms with E-state index in [4.69, 9.17) is 23.2 Å². The number of anilines is 1. The molecule has 0 fully saturated rings. The van der Waals surface area contributed by atoms with E-state index in [1.165, 1.54) is 23.1 Å². The molecule has 0 heterocycles. The van der Waals surface area contributed by atoms with Crippen LogP contribution in [0.3, 0.4) is 0 Å². The van der Waals surface area contributed by atoms with Gasteiger partial charge < -0.3 is 10.2 Å². The SMILES string of the molecule is CC[C@@H](C(=O)NCC(C)C)N(Cc1ccc(C)cc1)C(=O)CN(c1ccc(Cl)cc1Cl)S(C)(=O)=O. The van der Waals surface area contributed by atoms with Crippen molar-refractivity contribution in [3.05, 3.63) is 63.6 Å². The van der Waals surface area contributed by atoms with Gasteiger partial charge in [0.05, 0.1) is 17.0 Å². The van der Waals surface area contributed by atoms with Crippen LogP contribution < -0.4 is 9.62 Å². The number of nitrogens with zero attached hydrogens (tertiary/aromatic N) is 2. The third-order valence-electron chi connectivity index (χ3n) is 5.40. The summed E-state index contributed by atoms with van der Waals surface area (Å²) in [5.41, 5.74) is 2.03. The van der Waals surface area contributed by atoms with Crippen molar-refractivity contribution in [3.63, 3.8) is 0 Å². The maximum absolute atomic E-state index is 13.6. The molecule has 0 bridgehead atoms. The molecule has 2 aromatic rings. The second kappa shape index (κ2) is 12.6. The summed E-state index contributed by atoms with van der Waals surface area (Å²) in [6.45, 7) is 7.85. The summed E-state index contributed by atoms with van der Waals surface area (Å²) in [5, 5.41) is 3.33. The molecule has 7 nitrogen and oxygen atoms in total. The van der Waals surface area contributed by atoms with Crippen molar-refractivity contribution in [2.75, 3.05) is 23.7 Å². The third kappa shape index (κ3) is 8.40. The van der Waals surface area contributed by atoms with Crippen molar-refractivity contribution < 1.29 is 18.0 Å². The molecule has 10 heteroatoms. The Balaban J connectivity index is 2.44. The van der Waals surface area contributed by atoms with Gasteiger partial charge in [-0.1, -0.05) is 73.8 Å². The molecular formula is C25H33Cl2N3O4S. The molecule has 0 aliphatic rings. The molecule has 0 radical (unpaired) electrons. The Morgan fingerprint density at radius 1 is 1.06 bits per heavy atom. The number of halogens is 2. The van der Waals surface area contributed by atoms with Gasteiger partial charge in [-0.2, -0.15) is 0 Å². The summed E-state index contributed by atoms with van der Waals surface area (Å²) < 4.78 is 26.3. The molecule has 0 aromatic heterocycles. The molecule has 0 aliphatic heterocycles. The van der Waals surface area contributed by atoms with Gasteiger partial charge in [0.25, 0.3) is 0 Å². The van der Waals surface area contributed by atoms with Gasteiger partial charge in [-0.15, -0.1) is 0 Å². The molecule has 0 aliphatic carbocycles. The van der Waals surface area contributed by atoms with Gasteiger partial charge in [0.1, 0.15) is 12.6 Å². The first-order valence-electron chi connectivity index (χ1n) is 11.4. The van der Waals surface area contributed by atoms with Crippen LogP contribution in [0, 0.1) is 12.8 Å². The predicted molar refractivity (Wildman–Crippen MR) is 142 cm³/mol. The fourth-order valence-electron chi connectivity index (χ4n) is 3.51. The van der Waals surface area contributed by atoms with Crippen LogP contribution in [-0.2, 0) is 26.2 Å². The number of sulfonamides is 1. The number of hydrogen-bond acceptors (Lipinski definition) is 4. The van der Waals surface area contributed by atoms with E-state index in [0.717, 1.165) is 21.7 Å². The van der Waals surface area contributed by atoms with Crippen LogP contribution in [0.15, 0.2) is 42.5 Å². The van der Waals surface area contributed by atoms with Gasteiger partial charge in [0.15, 0.2) is 0 Å². The largest absolute Gasteiger partial charge is 0.354 e. The summed E-state index contributed by atoms with van der Waals surface area (Å²) in [6.07, 6.45) is 1.37. The summed E-state index contributed by atoms with van der Waals surface area (Å²) >= 11 is 12.2. The lowest BCUT2D eigenvalue weighted by molar-refractivity contribution is -0.140. The molecule has 1 N–H and O–H groups in total. The van der Waals surface area contributed by atoms with E-state index in [9.17, 15) is 18.0 Å². The number of hydrogen-bond donors (Lipinski definition) is 1. The van der Waals surface area contributed by atoms with Gasteiger partial charge >= 0.3 is 0 Å². The van der Waals surface area contributed by atoms with Gasteiger partial charge in [-0.25, -0.2) is 8.42 Å². The minimum absolute atomic E-state index is 0.0996. The molecule has 0 spiro atoms. The number of benzene rings is 2. The molecule has 35 heavy (non-hydrogen) atoms. The third-order valence-corrected chi connectivity index (χ3v) is 7.07. The van der Waals surface area contributed by atoms with E-state index in [0.29, 0.717) is 18.0 Å². The number of amides is 2. The van der Waals surface area contributed by atoms with Crippen molar-refractivity contribution in [1.29, 1.82) is 0 Å². The molecule has 2 rings (SSSR count). The van der Waals surface area contributed by atoms with Crippen LogP contribution in [-0.4, -0.2) is 50.5 Å². The zero-order valence-corrected chi connectivity index (χ0v) is 23.0. The highest BCUT2D eigenvalue weighted by Crippen LogP contribution is 2.30. The molecule has 2 amide bonds. The first-order valence-corrected chi connectivity index (χ1v) is 14.0. The second-order valence-electron chi connectivity index (χ2n) is 8.94. The molecular weight excluding hydrogens is 509 g/mol. The predicted octanol–water partition coefficient (Wildman–Crippen LogP) is 4.65. The van der Waals surface area contributed by atoms with Gasteiger partial charge in [0.2, 0.25) is 21.8 Å². The zero-order valence-electron chi connectivity index (χ0n) is 20.7. The second-order valence-corrected chi connectivity index (χ2v) is 11.7. The normalized spacial score (nSPS) is 12.3.